The van der Waals surface area contributed by atoms with Crippen LogP contribution in [0.1, 0.15) is 15.9 Å². The fourth-order valence-electron chi connectivity index (χ4n) is 1.81. The third kappa shape index (κ3) is 4.46. The predicted molar refractivity (Wildman–Crippen MR) is 81.5 cm³/mol. The summed E-state index contributed by atoms with van der Waals surface area (Å²) in [5.74, 6) is 0.850. The molecule has 0 bridgehead atoms. The van der Waals surface area contributed by atoms with Crippen molar-refractivity contribution in [2.24, 2.45) is 0 Å². The van der Waals surface area contributed by atoms with E-state index < -0.39 is 5.97 Å². The number of esters is 1. The first-order valence-corrected chi connectivity index (χ1v) is 6.69. The minimum atomic E-state index is -0.502. The second-order valence-corrected chi connectivity index (χ2v) is 4.47. The van der Waals surface area contributed by atoms with E-state index in [4.69, 9.17) is 24.2 Å². The molecule has 23 heavy (non-hydrogen) atoms. The Kier molecular flexibility index (Phi) is 5.56. The number of nitriles is 1. The van der Waals surface area contributed by atoms with Crippen LogP contribution in [0.4, 0.5) is 0 Å². The van der Waals surface area contributed by atoms with Crippen LogP contribution >= 0.6 is 0 Å². The minimum absolute atomic E-state index is 0.0426. The predicted octanol–water partition coefficient (Wildman–Crippen LogP) is 3.12. The third-order valence-corrected chi connectivity index (χ3v) is 2.86. The molecule has 0 aliphatic carbocycles. The first-order valence-electron chi connectivity index (χ1n) is 6.69. The molecule has 2 aromatic carbocycles. The van der Waals surface area contributed by atoms with Gasteiger partial charge in [0.05, 0.1) is 24.3 Å². The lowest BCUT2D eigenvalue weighted by Gasteiger charge is -2.11. The van der Waals surface area contributed by atoms with Crippen molar-refractivity contribution < 1.29 is 23.7 Å². The Bertz CT molecular complexity index is 719. The molecule has 0 spiro atoms. The molecular formula is C17H15NO5. The van der Waals surface area contributed by atoms with Crippen molar-refractivity contribution in [2.45, 2.75) is 0 Å². The van der Waals surface area contributed by atoms with Crippen molar-refractivity contribution in [3.8, 4) is 23.3 Å². The topological polar surface area (TPSA) is 77.8 Å². The highest BCUT2D eigenvalue weighted by molar-refractivity contribution is 5.90. The van der Waals surface area contributed by atoms with Crippen molar-refractivity contribution >= 4 is 5.97 Å². The van der Waals surface area contributed by atoms with Gasteiger partial charge in [0, 0.05) is 13.2 Å². The summed E-state index contributed by atoms with van der Waals surface area (Å²) in [5.41, 5.74) is 0.828. The highest BCUT2D eigenvalue weighted by atomic mass is 16.7. The van der Waals surface area contributed by atoms with Crippen LogP contribution in [-0.4, -0.2) is 27.0 Å². The molecule has 0 saturated heterocycles. The molecule has 118 valence electrons. The molecule has 0 aliphatic rings. The summed E-state index contributed by atoms with van der Waals surface area (Å²) < 4.78 is 20.6. The average molecular weight is 313 g/mol. The van der Waals surface area contributed by atoms with E-state index in [9.17, 15) is 4.79 Å². The van der Waals surface area contributed by atoms with Crippen LogP contribution < -0.4 is 9.47 Å². The molecule has 0 aliphatic heterocycles. The number of nitrogens with zero attached hydrogens (tertiary/aromatic N) is 1. The van der Waals surface area contributed by atoms with Gasteiger partial charge in [0.2, 0.25) is 0 Å². The standard InChI is InChI=1S/C17H15NO5/c1-20-11-22-15-7-13(17(19)21-2)8-16(9-15)23-14-5-3-12(10-18)4-6-14/h3-9H,11H2,1-2H3. The summed E-state index contributed by atoms with van der Waals surface area (Å²) in [5, 5.41) is 8.79. The van der Waals surface area contributed by atoms with E-state index >= 15 is 0 Å². The zero-order valence-electron chi connectivity index (χ0n) is 12.7. The van der Waals surface area contributed by atoms with Crippen LogP contribution in [0.25, 0.3) is 0 Å². The number of hydrogen-bond donors (Lipinski definition) is 0. The van der Waals surface area contributed by atoms with Gasteiger partial charge in [-0.1, -0.05) is 0 Å². The molecule has 0 fully saturated rings. The molecule has 6 nitrogen and oxygen atoms in total. The molecule has 0 N–H and O–H groups in total. The van der Waals surface area contributed by atoms with Gasteiger partial charge in [-0.2, -0.15) is 5.26 Å². The fraction of sp³-hybridized carbons (Fsp3) is 0.176. The quantitative estimate of drug-likeness (QED) is 0.602. The Hall–Kier alpha value is -3.04. The number of methoxy groups -OCH3 is 2. The largest absolute Gasteiger partial charge is 0.467 e. The number of carbonyl (C=O) groups excluding carboxylic acids is 1. The van der Waals surface area contributed by atoms with E-state index in [1.807, 2.05) is 6.07 Å². The van der Waals surface area contributed by atoms with Crippen molar-refractivity contribution in [2.75, 3.05) is 21.0 Å². The monoisotopic (exact) mass is 313 g/mol. The van der Waals surface area contributed by atoms with E-state index in [-0.39, 0.29) is 6.79 Å². The van der Waals surface area contributed by atoms with Crippen molar-refractivity contribution in [3.63, 3.8) is 0 Å². The van der Waals surface area contributed by atoms with Crippen LogP contribution in [0.5, 0.6) is 17.2 Å². The summed E-state index contributed by atoms with van der Waals surface area (Å²) in [4.78, 5) is 11.7. The SMILES string of the molecule is COCOc1cc(Oc2ccc(C#N)cc2)cc(C(=O)OC)c1. The molecule has 0 heterocycles. The number of hydrogen-bond acceptors (Lipinski definition) is 6. The maximum absolute atomic E-state index is 11.7. The zero-order chi connectivity index (χ0) is 16.7. The third-order valence-electron chi connectivity index (χ3n) is 2.86. The first-order chi connectivity index (χ1) is 11.2. The Morgan fingerprint density at radius 1 is 1.04 bits per heavy atom. The molecule has 0 saturated carbocycles. The number of carbonyl (C=O) groups is 1. The van der Waals surface area contributed by atoms with E-state index in [0.29, 0.717) is 28.4 Å². The molecule has 0 radical (unpaired) electrons. The molecule has 0 atom stereocenters. The lowest BCUT2D eigenvalue weighted by atomic mass is 10.2. The maximum Gasteiger partial charge on any atom is 0.338 e. The van der Waals surface area contributed by atoms with Gasteiger partial charge in [0.15, 0.2) is 6.79 Å². The summed E-state index contributed by atoms with van der Waals surface area (Å²) in [6.07, 6.45) is 0. The van der Waals surface area contributed by atoms with Crippen LogP contribution in [0.2, 0.25) is 0 Å². The summed E-state index contributed by atoms with van der Waals surface area (Å²) >= 11 is 0. The molecule has 2 rings (SSSR count). The minimum Gasteiger partial charge on any atom is -0.467 e. The number of benzene rings is 2. The fourth-order valence-corrected chi connectivity index (χ4v) is 1.81. The van der Waals surface area contributed by atoms with E-state index in [2.05, 4.69) is 0 Å². The van der Waals surface area contributed by atoms with E-state index in [0.717, 1.165) is 0 Å². The average Bonchev–Trinajstić information content (AvgIpc) is 2.59. The molecular weight excluding hydrogens is 298 g/mol. The molecule has 2 aromatic rings. The van der Waals surface area contributed by atoms with Gasteiger partial charge in [0.1, 0.15) is 17.2 Å². The second-order valence-electron chi connectivity index (χ2n) is 4.47. The molecule has 6 heteroatoms. The van der Waals surface area contributed by atoms with Crippen LogP contribution in [-0.2, 0) is 9.47 Å². The van der Waals surface area contributed by atoms with Crippen LogP contribution in [0.15, 0.2) is 42.5 Å². The highest BCUT2D eigenvalue weighted by Gasteiger charge is 2.11. The van der Waals surface area contributed by atoms with Gasteiger partial charge in [-0.15, -0.1) is 0 Å². The van der Waals surface area contributed by atoms with Gasteiger partial charge in [-0.3, -0.25) is 0 Å². The highest BCUT2D eigenvalue weighted by Crippen LogP contribution is 2.28. The van der Waals surface area contributed by atoms with Crippen LogP contribution in [0.3, 0.4) is 0 Å². The lowest BCUT2D eigenvalue weighted by molar-refractivity contribution is 0.0502. The van der Waals surface area contributed by atoms with Crippen molar-refractivity contribution in [1.29, 1.82) is 5.26 Å². The Morgan fingerprint density at radius 2 is 1.74 bits per heavy atom. The van der Waals surface area contributed by atoms with E-state index in [1.165, 1.54) is 20.3 Å². The summed E-state index contributed by atoms with van der Waals surface area (Å²) in [6, 6.07) is 13.4. The number of rotatable bonds is 6. The summed E-state index contributed by atoms with van der Waals surface area (Å²) in [7, 11) is 2.80. The van der Waals surface area contributed by atoms with Gasteiger partial charge >= 0.3 is 5.97 Å². The Morgan fingerprint density at radius 3 is 2.35 bits per heavy atom. The van der Waals surface area contributed by atoms with Gasteiger partial charge in [-0.05, 0) is 36.4 Å². The summed E-state index contributed by atoms with van der Waals surface area (Å²) in [6.45, 7) is 0.0426. The van der Waals surface area contributed by atoms with Crippen LogP contribution in [0, 0.1) is 11.3 Å². The number of ether oxygens (including phenoxy) is 4. The zero-order valence-corrected chi connectivity index (χ0v) is 12.7. The molecule has 0 unspecified atom stereocenters. The van der Waals surface area contributed by atoms with Crippen molar-refractivity contribution in [1.82, 2.24) is 0 Å². The van der Waals surface area contributed by atoms with Gasteiger partial charge < -0.3 is 18.9 Å². The molecule has 0 amide bonds. The van der Waals surface area contributed by atoms with E-state index in [1.54, 1.807) is 36.4 Å². The molecule has 0 aromatic heterocycles. The van der Waals surface area contributed by atoms with Crippen molar-refractivity contribution in [3.05, 3.63) is 53.6 Å². The smallest absolute Gasteiger partial charge is 0.338 e. The second kappa shape index (κ2) is 7.82. The normalized spacial score (nSPS) is 9.78. The van der Waals surface area contributed by atoms with Gasteiger partial charge in [0.25, 0.3) is 0 Å². The lowest BCUT2D eigenvalue weighted by Crippen LogP contribution is -2.04. The Labute approximate surface area is 133 Å². The maximum atomic E-state index is 11.7. The Balaban J connectivity index is 2.27. The first kappa shape index (κ1) is 16.3. The van der Waals surface area contributed by atoms with Gasteiger partial charge in [-0.25, -0.2) is 4.79 Å².